The Labute approximate surface area is 168 Å². The Kier molecular flexibility index (Phi) is 4.33. The quantitative estimate of drug-likeness (QED) is 0.254. The van der Waals surface area contributed by atoms with E-state index in [1.165, 1.54) is 32.2 Å². The largest absolute Gasteiger partial charge is 0.496 e. The summed E-state index contributed by atoms with van der Waals surface area (Å²) in [6.07, 6.45) is -2.17. The summed E-state index contributed by atoms with van der Waals surface area (Å²) in [6, 6.07) is 4.40. The van der Waals surface area contributed by atoms with Gasteiger partial charge in [0.1, 0.15) is 16.7 Å². The first kappa shape index (κ1) is 19.9. The van der Waals surface area contributed by atoms with E-state index in [4.69, 9.17) is 10.1 Å². The second-order valence-electron chi connectivity index (χ2n) is 7.51. The number of nitrogens with zero attached hydrogens (tertiary/aromatic N) is 1. The Morgan fingerprint density at radius 2 is 1.90 bits per heavy atom. The minimum Gasteiger partial charge on any atom is -0.496 e. The molecule has 0 saturated carbocycles. The van der Waals surface area contributed by atoms with Gasteiger partial charge in [0, 0.05) is 29.5 Å². The lowest BCUT2D eigenvalue weighted by molar-refractivity contribution is 0.0268. The lowest BCUT2D eigenvalue weighted by atomic mass is 9.75. The highest BCUT2D eigenvalue weighted by molar-refractivity contribution is 5.89. The van der Waals surface area contributed by atoms with Crippen molar-refractivity contribution in [3.63, 3.8) is 0 Å². The molecule has 1 aromatic rings. The van der Waals surface area contributed by atoms with Crippen molar-refractivity contribution in [2.24, 2.45) is 5.16 Å². The summed E-state index contributed by atoms with van der Waals surface area (Å²) in [6.45, 7) is 1.35. The van der Waals surface area contributed by atoms with Crippen LogP contribution in [0.2, 0.25) is 0 Å². The van der Waals surface area contributed by atoms with Crippen LogP contribution in [-0.2, 0) is 6.42 Å². The third-order valence-electron chi connectivity index (χ3n) is 5.87. The van der Waals surface area contributed by atoms with Crippen LogP contribution in [0.1, 0.15) is 30.6 Å². The van der Waals surface area contributed by atoms with Gasteiger partial charge < -0.3 is 25.6 Å². The van der Waals surface area contributed by atoms with Gasteiger partial charge in [-0.1, -0.05) is 17.3 Å². The number of hydrogen-bond acceptors (Lipinski definition) is 9. The van der Waals surface area contributed by atoms with Gasteiger partial charge >= 0.3 is 0 Å². The molecular formula is C21H18N2O7. The summed E-state index contributed by atoms with van der Waals surface area (Å²) in [5.41, 5.74) is -4.55. The zero-order valence-corrected chi connectivity index (χ0v) is 16.1. The molecule has 4 rings (SSSR count). The number of fused-ring (bicyclic) bond motifs is 2. The molecule has 0 saturated heterocycles. The van der Waals surface area contributed by atoms with Crippen LogP contribution in [-0.4, -0.2) is 33.8 Å². The molecule has 0 aliphatic heterocycles. The molecule has 0 aromatic heterocycles. The van der Waals surface area contributed by atoms with Gasteiger partial charge in [0.05, 0.1) is 29.0 Å². The summed E-state index contributed by atoms with van der Waals surface area (Å²) in [5, 5.41) is 40.7. The van der Waals surface area contributed by atoms with Gasteiger partial charge in [-0.15, -0.1) is 0 Å². The van der Waals surface area contributed by atoms with Gasteiger partial charge in [-0.05, 0) is 18.6 Å². The maximum atomic E-state index is 13.3. The molecule has 30 heavy (non-hydrogen) atoms. The van der Waals surface area contributed by atoms with E-state index in [2.05, 4.69) is 5.16 Å². The van der Waals surface area contributed by atoms with E-state index in [0.29, 0.717) is 0 Å². The summed E-state index contributed by atoms with van der Waals surface area (Å²) in [5.74, 6) is 0.116. The van der Waals surface area contributed by atoms with Crippen molar-refractivity contribution in [2.45, 2.75) is 31.5 Å². The van der Waals surface area contributed by atoms with Crippen LogP contribution in [0.5, 0.6) is 5.75 Å². The van der Waals surface area contributed by atoms with Crippen molar-refractivity contribution in [1.29, 1.82) is 5.41 Å². The maximum Gasteiger partial charge on any atom is 0.202 e. The lowest BCUT2D eigenvalue weighted by Gasteiger charge is -2.35. The van der Waals surface area contributed by atoms with Gasteiger partial charge in [0.2, 0.25) is 5.43 Å². The van der Waals surface area contributed by atoms with Gasteiger partial charge in [-0.2, -0.15) is 0 Å². The van der Waals surface area contributed by atoms with Gasteiger partial charge in [-0.3, -0.25) is 14.4 Å². The molecule has 0 heterocycles. The average Bonchev–Trinajstić information content (AvgIpc) is 2.70. The SMILES string of the molecule is COc1cccc2c(=O)c3c(=NO)c4c(c(=O)c=3c(=O)c12)[C@@H](O)C[C@](O)(C(C)=N)C4. The van der Waals surface area contributed by atoms with E-state index in [0.717, 1.165) is 0 Å². The fourth-order valence-corrected chi connectivity index (χ4v) is 4.32. The normalized spacial score (nSPS) is 21.7. The average molecular weight is 410 g/mol. The molecular weight excluding hydrogens is 392 g/mol. The Balaban J connectivity index is 2.36. The Morgan fingerprint density at radius 3 is 2.50 bits per heavy atom. The maximum absolute atomic E-state index is 13.3. The van der Waals surface area contributed by atoms with Crippen molar-refractivity contribution in [3.8, 4) is 5.75 Å². The number of hydrogen-bond donors (Lipinski definition) is 4. The van der Waals surface area contributed by atoms with Gasteiger partial charge in [-0.25, -0.2) is 0 Å². The van der Waals surface area contributed by atoms with Crippen molar-refractivity contribution in [1.82, 2.24) is 0 Å². The second-order valence-corrected chi connectivity index (χ2v) is 7.51. The third-order valence-corrected chi connectivity index (χ3v) is 5.87. The zero-order valence-electron chi connectivity index (χ0n) is 16.1. The summed E-state index contributed by atoms with van der Waals surface area (Å²) >= 11 is 0. The molecule has 154 valence electrons. The highest BCUT2D eigenvalue weighted by Gasteiger charge is 2.41. The fourth-order valence-electron chi connectivity index (χ4n) is 4.32. The number of benzene rings is 1. The topological polar surface area (TPSA) is 157 Å². The lowest BCUT2D eigenvalue weighted by Crippen LogP contribution is -2.48. The minimum atomic E-state index is -1.78. The van der Waals surface area contributed by atoms with Crippen molar-refractivity contribution in [3.05, 3.63) is 75.8 Å². The standard InChI is InChI=1S/C21H18N2O7/c1-8(22)21(28)6-10-13(11(24)7-21)19(26)16-15(17(10)23-29)18(25)9-4-3-5-12(30-2)14(9)20(16)27/h3-5,11,22,24,28-29H,6-7H2,1-2H3/t11-,21-/m0/s1. The van der Waals surface area contributed by atoms with Crippen LogP contribution in [0.4, 0.5) is 0 Å². The monoisotopic (exact) mass is 410 g/mol. The predicted molar refractivity (Wildman–Crippen MR) is 106 cm³/mol. The molecule has 0 amide bonds. The van der Waals surface area contributed by atoms with E-state index in [9.17, 15) is 29.8 Å². The number of aliphatic hydroxyl groups is 2. The van der Waals surface area contributed by atoms with Gasteiger partial charge in [0.25, 0.3) is 0 Å². The molecule has 0 fully saturated rings. The fraction of sp³-hybridized carbons (Fsp3) is 0.286. The van der Waals surface area contributed by atoms with Crippen LogP contribution in [0, 0.1) is 15.8 Å². The molecule has 0 radical (unpaired) electrons. The van der Waals surface area contributed by atoms with Crippen LogP contribution in [0.3, 0.4) is 0 Å². The predicted octanol–water partition coefficient (Wildman–Crippen LogP) is -0.430. The third kappa shape index (κ3) is 2.45. The second kappa shape index (κ2) is 6.54. The summed E-state index contributed by atoms with van der Waals surface area (Å²) in [4.78, 5) is 39.7. The van der Waals surface area contributed by atoms with E-state index < -0.39 is 33.2 Å². The first-order valence-corrected chi connectivity index (χ1v) is 9.13. The Hall–Kier alpha value is -3.43. The zero-order chi connectivity index (χ0) is 22.0. The van der Waals surface area contributed by atoms with Crippen molar-refractivity contribution >= 4 is 16.5 Å². The van der Waals surface area contributed by atoms with E-state index in [1.807, 2.05) is 0 Å². The Bertz CT molecular complexity index is 1520. The molecule has 2 atom stereocenters. The van der Waals surface area contributed by atoms with Crippen LogP contribution < -0.4 is 26.4 Å². The molecule has 3 aliphatic carbocycles. The smallest absolute Gasteiger partial charge is 0.202 e. The number of aliphatic hydroxyl groups excluding tert-OH is 1. The molecule has 0 unspecified atom stereocenters. The van der Waals surface area contributed by atoms with Crippen LogP contribution in [0.15, 0.2) is 37.7 Å². The summed E-state index contributed by atoms with van der Waals surface area (Å²) in [7, 11) is 1.33. The number of methoxy groups -OCH3 is 1. The van der Waals surface area contributed by atoms with E-state index >= 15 is 0 Å². The van der Waals surface area contributed by atoms with Crippen molar-refractivity contribution in [2.75, 3.05) is 7.11 Å². The molecule has 3 aliphatic rings. The highest BCUT2D eigenvalue weighted by atomic mass is 16.5. The molecule has 9 nitrogen and oxygen atoms in total. The first-order valence-electron chi connectivity index (χ1n) is 9.13. The molecule has 0 bridgehead atoms. The summed E-state index contributed by atoms with van der Waals surface area (Å²) < 4.78 is 5.18. The van der Waals surface area contributed by atoms with E-state index in [1.54, 1.807) is 0 Å². The number of rotatable bonds is 2. The van der Waals surface area contributed by atoms with E-state index in [-0.39, 0.29) is 56.8 Å². The molecule has 1 aromatic carbocycles. The molecule has 0 spiro atoms. The Morgan fingerprint density at radius 1 is 1.20 bits per heavy atom. The molecule has 9 heteroatoms. The van der Waals surface area contributed by atoms with Crippen LogP contribution in [0.25, 0.3) is 10.8 Å². The van der Waals surface area contributed by atoms with Crippen LogP contribution >= 0.6 is 0 Å². The minimum absolute atomic E-state index is 0.00838. The first-order chi connectivity index (χ1) is 14.2. The number of nitrogens with one attached hydrogen (secondary N) is 1. The van der Waals surface area contributed by atoms with Crippen molar-refractivity contribution < 1.29 is 20.2 Å². The van der Waals surface area contributed by atoms with Gasteiger partial charge in [0.15, 0.2) is 10.9 Å². The number of ether oxygens (including phenoxy) is 1. The highest BCUT2D eigenvalue weighted by Crippen LogP contribution is 2.33. The molecule has 4 N–H and O–H groups in total.